The number of amides is 4. The highest BCUT2D eigenvalue weighted by molar-refractivity contribution is 6.29. The molecule has 2 aliphatic heterocycles. The average Bonchev–Trinajstić information content (AvgIpc) is 3.36. The smallest absolute Gasteiger partial charge is 0.322 e. The zero-order valence-corrected chi connectivity index (χ0v) is 16.4. The number of fused-ring (bicyclic) bond motifs is 2. The monoisotopic (exact) mass is 426 g/mol. The molecule has 5 rings (SSSR count). The van der Waals surface area contributed by atoms with Gasteiger partial charge in [-0.05, 0) is 23.8 Å². The van der Waals surface area contributed by atoms with E-state index in [1.54, 1.807) is 24.3 Å². The Bertz CT molecular complexity index is 1240. The number of hydrogen-bond donors (Lipinski definition) is 2. The molecule has 0 saturated carbocycles. The topological polar surface area (TPSA) is 114 Å². The number of carbonyl (C=O) groups excluding carboxylic acids is 3. The van der Waals surface area contributed by atoms with Crippen LogP contribution >= 0.6 is 11.6 Å². The Balaban J connectivity index is 1.55. The lowest BCUT2D eigenvalue weighted by atomic mass is 9.95. The van der Waals surface area contributed by atoms with E-state index in [0.717, 1.165) is 5.56 Å². The maximum Gasteiger partial charge on any atom is 0.322 e. The predicted octanol–water partition coefficient (Wildman–Crippen LogP) is 2.18. The first-order valence-electron chi connectivity index (χ1n) is 9.05. The zero-order valence-electron chi connectivity index (χ0n) is 15.7. The van der Waals surface area contributed by atoms with Gasteiger partial charge >= 0.3 is 6.03 Å². The Morgan fingerprint density at radius 2 is 2.10 bits per heavy atom. The molecule has 9 nitrogen and oxygen atoms in total. The SMILES string of the molecule is COc1ccc2c(c1)C(=O)N(C[C@@]1(c3cc4cnc(Cl)cc4o3)NC(=O)NC1=O)C2. The molecule has 10 heteroatoms. The van der Waals surface area contributed by atoms with Crippen LogP contribution in [-0.4, -0.2) is 41.4 Å². The molecule has 0 unspecified atom stereocenters. The van der Waals surface area contributed by atoms with Crippen molar-refractivity contribution in [2.24, 2.45) is 0 Å². The van der Waals surface area contributed by atoms with Crippen molar-refractivity contribution >= 4 is 40.4 Å². The zero-order chi connectivity index (χ0) is 21.0. The van der Waals surface area contributed by atoms with E-state index in [9.17, 15) is 14.4 Å². The molecule has 0 aliphatic carbocycles. The highest BCUT2D eigenvalue weighted by atomic mass is 35.5. The number of aromatic nitrogens is 1. The van der Waals surface area contributed by atoms with Gasteiger partial charge in [0.15, 0.2) is 5.54 Å². The molecule has 2 N–H and O–H groups in total. The molecule has 1 atom stereocenters. The second kappa shape index (κ2) is 6.46. The Morgan fingerprint density at radius 3 is 2.83 bits per heavy atom. The summed E-state index contributed by atoms with van der Waals surface area (Å²) < 4.78 is 11.1. The number of furan rings is 1. The van der Waals surface area contributed by atoms with Crippen LogP contribution in [0.4, 0.5) is 4.79 Å². The summed E-state index contributed by atoms with van der Waals surface area (Å²) in [5.74, 6) is -0.122. The molecule has 1 fully saturated rings. The molecule has 0 radical (unpaired) electrons. The standard InChI is InChI=1S/C20H15ClN4O5/c1-29-12-3-2-10-8-25(17(26)13(10)5-12)9-20(18(27)23-19(28)24-20)15-4-11-7-22-16(21)6-14(11)30-15/h2-7H,8-9H2,1H3,(H2,23,24,27,28)/t20-/m0/s1. The van der Waals surface area contributed by atoms with Gasteiger partial charge in [-0.25, -0.2) is 9.78 Å². The van der Waals surface area contributed by atoms with Gasteiger partial charge in [-0.2, -0.15) is 0 Å². The number of urea groups is 1. The summed E-state index contributed by atoms with van der Waals surface area (Å²) in [5.41, 5.74) is 0.139. The van der Waals surface area contributed by atoms with Gasteiger partial charge in [0, 0.05) is 29.8 Å². The minimum absolute atomic E-state index is 0.110. The summed E-state index contributed by atoms with van der Waals surface area (Å²) in [7, 11) is 1.52. The quantitative estimate of drug-likeness (QED) is 0.488. The van der Waals surface area contributed by atoms with Gasteiger partial charge in [-0.15, -0.1) is 0 Å². The van der Waals surface area contributed by atoms with E-state index >= 15 is 0 Å². The largest absolute Gasteiger partial charge is 0.497 e. The molecule has 0 spiro atoms. The van der Waals surface area contributed by atoms with Gasteiger partial charge < -0.3 is 19.4 Å². The van der Waals surface area contributed by atoms with E-state index in [1.165, 1.54) is 24.3 Å². The lowest BCUT2D eigenvalue weighted by Crippen LogP contribution is -2.52. The van der Waals surface area contributed by atoms with Gasteiger partial charge in [-0.1, -0.05) is 17.7 Å². The van der Waals surface area contributed by atoms with Crippen LogP contribution in [-0.2, 0) is 16.9 Å². The van der Waals surface area contributed by atoms with Crippen LogP contribution in [0, 0.1) is 0 Å². The predicted molar refractivity (Wildman–Crippen MR) is 105 cm³/mol. The Hall–Kier alpha value is -3.59. The van der Waals surface area contributed by atoms with Crippen molar-refractivity contribution in [2.45, 2.75) is 12.1 Å². The Labute approximate surface area is 174 Å². The molecule has 1 aromatic carbocycles. The van der Waals surface area contributed by atoms with Crippen LogP contribution in [0.2, 0.25) is 5.15 Å². The van der Waals surface area contributed by atoms with Crippen LogP contribution in [0.25, 0.3) is 11.0 Å². The van der Waals surface area contributed by atoms with Gasteiger partial charge in [0.1, 0.15) is 22.2 Å². The first-order chi connectivity index (χ1) is 14.4. The summed E-state index contributed by atoms with van der Waals surface area (Å²) >= 11 is 5.92. The number of hydrogen-bond acceptors (Lipinski definition) is 6. The Morgan fingerprint density at radius 1 is 1.27 bits per heavy atom. The molecule has 4 amide bonds. The van der Waals surface area contributed by atoms with Crippen molar-refractivity contribution in [2.75, 3.05) is 13.7 Å². The van der Waals surface area contributed by atoms with Crippen LogP contribution in [0.5, 0.6) is 5.75 Å². The molecular formula is C20H15ClN4O5. The maximum atomic E-state index is 13.0. The first kappa shape index (κ1) is 18.4. The van der Waals surface area contributed by atoms with Crippen molar-refractivity contribution < 1.29 is 23.5 Å². The fourth-order valence-corrected chi connectivity index (χ4v) is 4.00. The van der Waals surface area contributed by atoms with Crippen LogP contribution in [0.3, 0.4) is 0 Å². The number of nitrogens with one attached hydrogen (secondary N) is 2. The molecule has 0 bridgehead atoms. The number of ether oxygens (including phenoxy) is 1. The summed E-state index contributed by atoms with van der Waals surface area (Å²) in [5, 5.41) is 5.73. The number of imide groups is 1. The van der Waals surface area contributed by atoms with E-state index in [0.29, 0.717) is 22.3 Å². The Kier molecular flexibility index (Phi) is 3.97. The molecule has 2 aliphatic rings. The number of nitrogens with zero attached hydrogens (tertiary/aromatic N) is 2. The van der Waals surface area contributed by atoms with Crippen LogP contribution < -0.4 is 15.4 Å². The van der Waals surface area contributed by atoms with Gasteiger partial charge in [-0.3, -0.25) is 14.9 Å². The van der Waals surface area contributed by atoms with Crippen LogP contribution in [0.1, 0.15) is 21.7 Å². The molecule has 1 saturated heterocycles. The third-order valence-electron chi connectivity index (χ3n) is 5.35. The number of carbonyl (C=O) groups is 3. The number of rotatable bonds is 4. The van der Waals surface area contributed by atoms with Gasteiger partial charge in [0.05, 0.1) is 13.7 Å². The third-order valence-corrected chi connectivity index (χ3v) is 5.56. The summed E-state index contributed by atoms with van der Waals surface area (Å²) in [6, 6.07) is 7.70. The normalized spacial score (nSPS) is 20.5. The van der Waals surface area contributed by atoms with Crippen molar-refractivity contribution in [3.63, 3.8) is 0 Å². The fraction of sp³-hybridized carbons (Fsp3) is 0.200. The van der Waals surface area contributed by atoms with Crippen molar-refractivity contribution in [3.05, 3.63) is 58.6 Å². The number of methoxy groups -OCH3 is 1. The number of pyridine rings is 1. The summed E-state index contributed by atoms with van der Waals surface area (Å²) in [6.07, 6.45) is 1.51. The van der Waals surface area contributed by atoms with E-state index in [-0.39, 0.29) is 29.9 Å². The number of halogens is 1. The average molecular weight is 427 g/mol. The molecule has 30 heavy (non-hydrogen) atoms. The lowest BCUT2D eigenvalue weighted by molar-refractivity contribution is -0.125. The minimum atomic E-state index is -1.58. The summed E-state index contributed by atoms with van der Waals surface area (Å²) in [4.78, 5) is 43.4. The highest BCUT2D eigenvalue weighted by Gasteiger charge is 2.53. The number of benzene rings is 1. The van der Waals surface area contributed by atoms with E-state index in [2.05, 4.69) is 15.6 Å². The second-order valence-corrected chi connectivity index (χ2v) is 7.54. The van der Waals surface area contributed by atoms with E-state index < -0.39 is 17.5 Å². The first-order valence-corrected chi connectivity index (χ1v) is 9.43. The van der Waals surface area contributed by atoms with Gasteiger partial charge in [0.2, 0.25) is 0 Å². The second-order valence-electron chi connectivity index (χ2n) is 7.15. The highest BCUT2D eigenvalue weighted by Crippen LogP contribution is 2.35. The third kappa shape index (κ3) is 2.70. The molecule has 3 aromatic rings. The van der Waals surface area contributed by atoms with Crippen molar-refractivity contribution in [1.82, 2.24) is 20.5 Å². The van der Waals surface area contributed by atoms with Crippen molar-refractivity contribution in [3.8, 4) is 5.75 Å². The lowest BCUT2D eigenvalue weighted by Gasteiger charge is -2.29. The van der Waals surface area contributed by atoms with Gasteiger partial charge in [0.25, 0.3) is 11.8 Å². The van der Waals surface area contributed by atoms with E-state index in [4.69, 9.17) is 20.8 Å². The minimum Gasteiger partial charge on any atom is -0.497 e. The molecule has 4 heterocycles. The summed E-state index contributed by atoms with van der Waals surface area (Å²) in [6.45, 7) is 0.179. The van der Waals surface area contributed by atoms with Crippen molar-refractivity contribution in [1.29, 1.82) is 0 Å². The molecular weight excluding hydrogens is 412 g/mol. The maximum absolute atomic E-state index is 13.0. The van der Waals surface area contributed by atoms with Crippen LogP contribution in [0.15, 0.2) is 40.9 Å². The molecule has 152 valence electrons. The molecule has 2 aromatic heterocycles. The van der Waals surface area contributed by atoms with E-state index in [1.807, 2.05) is 0 Å². The fourth-order valence-electron chi connectivity index (χ4n) is 3.86.